The van der Waals surface area contributed by atoms with Gasteiger partial charge in [-0.3, -0.25) is 9.69 Å². The maximum Gasteiger partial charge on any atom is 0.213 e. The maximum atomic E-state index is 12.3. The van der Waals surface area contributed by atoms with Gasteiger partial charge in [0.15, 0.2) is 11.6 Å². The van der Waals surface area contributed by atoms with Crippen LogP contribution >= 0.6 is 0 Å². The van der Waals surface area contributed by atoms with Gasteiger partial charge in [-0.15, -0.1) is 0 Å². The molecule has 1 aliphatic carbocycles. The molecule has 0 amide bonds. The summed E-state index contributed by atoms with van der Waals surface area (Å²) in [6.07, 6.45) is 4.74. The van der Waals surface area contributed by atoms with Gasteiger partial charge < -0.3 is 10.2 Å². The molecule has 1 saturated carbocycles. The number of hydrogen-bond donors (Lipinski definition) is 2. The molecule has 0 bridgehead atoms. The van der Waals surface area contributed by atoms with Crippen LogP contribution in [0.4, 0.5) is 0 Å². The summed E-state index contributed by atoms with van der Waals surface area (Å²) in [5.41, 5.74) is 0.541. The number of fused-ring (bicyclic) bond motifs is 1. The number of aromatic hydroxyl groups is 1. The number of hydrogen-bond acceptors (Lipinski definition) is 6. The van der Waals surface area contributed by atoms with Crippen molar-refractivity contribution in [2.24, 2.45) is 11.8 Å². The number of carbonyl (C=O) groups is 1. The monoisotopic (exact) mass is 353 g/mol. The molecule has 2 aliphatic rings. The summed E-state index contributed by atoms with van der Waals surface area (Å²) in [4.78, 5) is 22.2. The highest BCUT2D eigenvalue weighted by molar-refractivity contribution is 5.94. The van der Waals surface area contributed by atoms with E-state index >= 15 is 0 Å². The van der Waals surface area contributed by atoms with E-state index in [1.807, 2.05) is 18.2 Å². The molecule has 1 aliphatic heterocycles. The Kier molecular flexibility index (Phi) is 4.46. The second-order valence-electron chi connectivity index (χ2n) is 7.70. The van der Waals surface area contributed by atoms with Crippen LogP contribution in [0, 0.1) is 11.8 Å². The molecule has 2 unspecified atom stereocenters. The van der Waals surface area contributed by atoms with E-state index in [1.165, 1.54) is 18.0 Å². The van der Waals surface area contributed by atoms with Crippen molar-refractivity contribution in [1.29, 1.82) is 0 Å². The first-order valence-electron chi connectivity index (χ1n) is 9.04. The van der Waals surface area contributed by atoms with E-state index in [1.54, 1.807) is 0 Å². The smallest absolute Gasteiger partial charge is 0.213 e. The van der Waals surface area contributed by atoms with Gasteiger partial charge >= 0.3 is 0 Å². The van der Waals surface area contributed by atoms with Crippen molar-refractivity contribution < 1.29 is 15.0 Å². The first-order valence-corrected chi connectivity index (χ1v) is 9.04. The van der Waals surface area contributed by atoms with E-state index in [4.69, 9.17) is 0 Å². The first kappa shape index (κ1) is 17.1. The number of benzene rings is 1. The topological polar surface area (TPSA) is 86.6 Å². The molecule has 2 N–H and O–H groups in total. The van der Waals surface area contributed by atoms with Gasteiger partial charge in [0.1, 0.15) is 0 Å². The lowest BCUT2D eigenvalue weighted by Gasteiger charge is -2.25. The van der Waals surface area contributed by atoms with Gasteiger partial charge in [-0.1, -0.05) is 30.3 Å². The van der Waals surface area contributed by atoms with Crippen molar-refractivity contribution in [3.63, 3.8) is 0 Å². The third-order valence-corrected chi connectivity index (χ3v) is 5.57. The molecule has 6 nitrogen and oxygen atoms in total. The number of carbonyl (C=O) groups excluding carboxylic acids is 1. The fourth-order valence-corrected chi connectivity index (χ4v) is 4.55. The molecule has 0 spiro atoms. The average molecular weight is 353 g/mol. The minimum Gasteiger partial charge on any atom is -0.505 e. The summed E-state index contributed by atoms with van der Waals surface area (Å²) in [7, 11) is 0. The first-order chi connectivity index (χ1) is 12.5. The molecular formula is C20H23N3O3. The van der Waals surface area contributed by atoms with Crippen molar-refractivity contribution in [2.45, 2.75) is 24.9 Å². The van der Waals surface area contributed by atoms with Crippen LogP contribution in [0.3, 0.4) is 0 Å². The zero-order chi connectivity index (χ0) is 18.1. The van der Waals surface area contributed by atoms with Gasteiger partial charge in [0.05, 0.1) is 24.5 Å². The van der Waals surface area contributed by atoms with Crippen molar-refractivity contribution in [3.05, 3.63) is 54.1 Å². The quantitative estimate of drug-likeness (QED) is 0.796. The maximum absolute atomic E-state index is 12.3. The number of nitrogens with zero attached hydrogens (tertiary/aromatic N) is 3. The number of Topliss-reactive ketones (excluding diaryl/α,β-unsaturated/α-hetero) is 1. The average Bonchev–Trinajstić information content (AvgIpc) is 3.10. The highest BCUT2D eigenvalue weighted by atomic mass is 16.3. The highest BCUT2D eigenvalue weighted by Crippen LogP contribution is 2.45. The van der Waals surface area contributed by atoms with Crippen LogP contribution in [0.25, 0.3) is 0 Å². The molecule has 2 atom stereocenters. The van der Waals surface area contributed by atoms with E-state index in [-0.39, 0.29) is 23.9 Å². The minimum absolute atomic E-state index is 0.0463. The fourth-order valence-electron chi connectivity index (χ4n) is 4.55. The summed E-state index contributed by atoms with van der Waals surface area (Å²) >= 11 is 0. The molecule has 2 aromatic rings. The van der Waals surface area contributed by atoms with Gasteiger partial charge in [0, 0.05) is 19.5 Å². The normalized spacial score (nSPS) is 28.2. The van der Waals surface area contributed by atoms with E-state index in [2.05, 4.69) is 27.0 Å². The molecule has 1 saturated heterocycles. The predicted molar refractivity (Wildman–Crippen MR) is 95.8 cm³/mol. The van der Waals surface area contributed by atoms with Crippen molar-refractivity contribution in [2.75, 3.05) is 19.6 Å². The molecular weight excluding hydrogens is 330 g/mol. The fraction of sp³-hybridized carbons (Fsp3) is 0.450. The Labute approximate surface area is 152 Å². The second kappa shape index (κ2) is 6.78. The lowest BCUT2D eigenvalue weighted by molar-refractivity contribution is 0.0355. The molecule has 26 heavy (non-hydrogen) atoms. The van der Waals surface area contributed by atoms with Gasteiger partial charge in [-0.05, 0) is 30.2 Å². The Balaban J connectivity index is 1.33. The zero-order valence-electron chi connectivity index (χ0n) is 14.6. The second-order valence-corrected chi connectivity index (χ2v) is 7.70. The lowest BCUT2D eigenvalue weighted by Crippen LogP contribution is -2.34. The van der Waals surface area contributed by atoms with Gasteiger partial charge in [-0.2, -0.15) is 0 Å². The van der Waals surface area contributed by atoms with Gasteiger partial charge in [0.2, 0.25) is 5.78 Å². The molecule has 6 heteroatoms. The molecule has 136 valence electrons. The zero-order valence-corrected chi connectivity index (χ0v) is 14.6. The highest BCUT2D eigenvalue weighted by Gasteiger charge is 2.48. The summed E-state index contributed by atoms with van der Waals surface area (Å²) in [5, 5.41) is 20.2. The Morgan fingerprint density at radius 3 is 2.35 bits per heavy atom. The summed E-state index contributed by atoms with van der Waals surface area (Å²) in [5.74, 6) is 0.814. The van der Waals surface area contributed by atoms with E-state index in [0.717, 1.165) is 25.9 Å². The van der Waals surface area contributed by atoms with Crippen molar-refractivity contribution in [3.8, 4) is 5.75 Å². The Morgan fingerprint density at radius 2 is 1.73 bits per heavy atom. The van der Waals surface area contributed by atoms with Crippen LogP contribution in [-0.4, -0.2) is 56.1 Å². The standard InChI is InChI=1S/C20H23N3O3/c24-17-9-21-19(22-10-17)18(25)13-23-11-15-7-20(26,8-16(15)12-23)6-14-4-2-1-3-5-14/h1-5,9-10,15-16,24,26H,6-8,11-13H2. The number of rotatable bonds is 5. The summed E-state index contributed by atoms with van der Waals surface area (Å²) in [6, 6.07) is 10.1. The van der Waals surface area contributed by atoms with Crippen LogP contribution in [0.2, 0.25) is 0 Å². The molecule has 0 radical (unpaired) electrons. The van der Waals surface area contributed by atoms with E-state index in [9.17, 15) is 15.0 Å². The van der Waals surface area contributed by atoms with Crippen molar-refractivity contribution >= 4 is 5.78 Å². The Bertz CT molecular complexity index is 765. The number of aromatic nitrogens is 2. The Hall–Kier alpha value is -2.31. The largest absolute Gasteiger partial charge is 0.505 e. The van der Waals surface area contributed by atoms with Gasteiger partial charge in [0.25, 0.3) is 0 Å². The predicted octanol–water partition coefficient (Wildman–Crippen LogP) is 1.68. The number of likely N-dealkylation sites (tertiary alicyclic amines) is 1. The number of aliphatic hydroxyl groups is 1. The lowest BCUT2D eigenvalue weighted by atomic mass is 9.91. The van der Waals surface area contributed by atoms with Crippen LogP contribution in [0.1, 0.15) is 29.0 Å². The van der Waals surface area contributed by atoms with E-state index in [0.29, 0.717) is 18.3 Å². The molecule has 4 rings (SSSR count). The van der Waals surface area contributed by atoms with Crippen LogP contribution < -0.4 is 0 Å². The third kappa shape index (κ3) is 3.61. The minimum atomic E-state index is -0.632. The summed E-state index contributed by atoms with van der Waals surface area (Å²) < 4.78 is 0. The van der Waals surface area contributed by atoms with Gasteiger partial charge in [-0.25, -0.2) is 9.97 Å². The van der Waals surface area contributed by atoms with Crippen LogP contribution in [0.15, 0.2) is 42.7 Å². The Morgan fingerprint density at radius 1 is 1.12 bits per heavy atom. The molecule has 1 aromatic carbocycles. The molecule has 2 fully saturated rings. The third-order valence-electron chi connectivity index (χ3n) is 5.57. The SMILES string of the molecule is O=C(CN1CC2CC(O)(Cc3ccccc3)CC2C1)c1ncc(O)cn1. The van der Waals surface area contributed by atoms with E-state index < -0.39 is 5.60 Å². The van der Waals surface area contributed by atoms with Crippen molar-refractivity contribution in [1.82, 2.24) is 14.9 Å². The number of ketones is 1. The van der Waals surface area contributed by atoms with Crippen LogP contribution in [-0.2, 0) is 6.42 Å². The van der Waals surface area contributed by atoms with Crippen LogP contribution in [0.5, 0.6) is 5.75 Å². The summed E-state index contributed by atoms with van der Waals surface area (Å²) in [6.45, 7) is 1.94. The molecule has 1 aromatic heterocycles. The molecule has 2 heterocycles.